The maximum absolute atomic E-state index is 13.3. The van der Waals surface area contributed by atoms with Crippen molar-refractivity contribution in [2.24, 2.45) is 0 Å². The van der Waals surface area contributed by atoms with Gasteiger partial charge in [-0.25, -0.2) is 9.97 Å². The molecule has 0 aliphatic heterocycles. The van der Waals surface area contributed by atoms with Gasteiger partial charge in [0.25, 0.3) is 0 Å². The summed E-state index contributed by atoms with van der Waals surface area (Å²) in [5, 5.41) is 3.91. The predicted molar refractivity (Wildman–Crippen MR) is 142 cm³/mol. The monoisotopic (exact) mass is 523 g/mol. The zero-order valence-electron chi connectivity index (χ0n) is 21.4. The van der Waals surface area contributed by atoms with E-state index < -0.39 is 17.8 Å². The lowest BCUT2D eigenvalue weighted by Gasteiger charge is -2.19. The number of nitrogens with zero attached hydrogens (tertiary/aromatic N) is 3. The number of alkyl halides is 3. The highest BCUT2D eigenvalue weighted by molar-refractivity contribution is 5.92. The summed E-state index contributed by atoms with van der Waals surface area (Å²) in [6, 6.07) is 14.3. The number of carbonyl (C=O) groups is 1. The topological polar surface area (TPSA) is 93.4 Å². The van der Waals surface area contributed by atoms with E-state index in [-0.39, 0.29) is 18.0 Å². The van der Waals surface area contributed by atoms with E-state index in [4.69, 9.17) is 10.5 Å². The second-order valence-electron chi connectivity index (χ2n) is 9.20. The highest BCUT2D eigenvalue weighted by Crippen LogP contribution is 2.35. The second kappa shape index (κ2) is 10.6. The fraction of sp³-hybridized carbons (Fsp3) is 0.250. The van der Waals surface area contributed by atoms with E-state index in [0.29, 0.717) is 28.0 Å². The third kappa shape index (κ3) is 5.80. The number of amides is 1. The molecule has 0 unspecified atom stereocenters. The first-order chi connectivity index (χ1) is 18.0. The number of benzene rings is 3. The Kier molecular flexibility index (Phi) is 7.43. The van der Waals surface area contributed by atoms with Gasteiger partial charge in [0, 0.05) is 30.7 Å². The van der Waals surface area contributed by atoms with Gasteiger partial charge in [0.2, 0.25) is 5.91 Å². The van der Waals surface area contributed by atoms with Gasteiger partial charge in [-0.05, 0) is 60.0 Å². The zero-order valence-corrected chi connectivity index (χ0v) is 21.4. The van der Waals surface area contributed by atoms with Gasteiger partial charge >= 0.3 is 6.18 Å². The molecule has 0 bridgehead atoms. The number of methoxy groups -OCH3 is 1. The lowest BCUT2D eigenvalue weighted by molar-refractivity contribution is -0.137. The summed E-state index contributed by atoms with van der Waals surface area (Å²) in [6.45, 7) is 1.74. The molecule has 38 heavy (non-hydrogen) atoms. The minimum atomic E-state index is -4.50. The number of anilines is 2. The number of fused-ring (bicyclic) bond motifs is 1. The van der Waals surface area contributed by atoms with E-state index in [1.165, 1.54) is 17.3 Å². The van der Waals surface area contributed by atoms with Gasteiger partial charge in [-0.3, -0.25) is 4.79 Å². The number of aromatic nitrogens is 2. The van der Waals surface area contributed by atoms with E-state index in [1.807, 2.05) is 36.4 Å². The van der Waals surface area contributed by atoms with E-state index in [1.54, 1.807) is 28.1 Å². The lowest BCUT2D eigenvalue weighted by atomic mass is 9.99. The molecule has 4 aromatic rings. The molecule has 3 aromatic carbocycles. The Morgan fingerprint density at radius 2 is 1.76 bits per heavy atom. The van der Waals surface area contributed by atoms with Crippen LogP contribution >= 0.6 is 0 Å². The molecule has 0 fully saturated rings. The number of nitrogen functional groups attached to an aromatic ring is 1. The molecular weight excluding hydrogens is 495 g/mol. The molecule has 0 aliphatic carbocycles. The third-order valence-corrected chi connectivity index (χ3v) is 6.25. The van der Waals surface area contributed by atoms with Gasteiger partial charge in [0.05, 0.1) is 30.7 Å². The van der Waals surface area contributed by atoms with Crippen molar-refractivity contribution < 1.29 is 22.7 Å². The summed E-state index contributed by atoms with van der Waals surface area (Å²) in [5.74, 6) is 1.03. The van der Waals surface area contributed by atoms with Gasteiger partial charge in [-0.2, -0.15) is 13.2 Å². The number of carbonyl (C=O) groups excluding carboxylic acids is 1. The number of hydrogen-bond donors (Lipinski definition) is 2. The Morgan fingerprint density at radius 3 is 2.45 bits per heavy atom. The van der Waals surface area contributed by atoms with Crippen molar-refractivity contribution in [3.8, 4) is 16.9 Å². The quantitative estimate of drug-likeness (QED) is 0.302. The average Bonchev–Trinajstić information content (AvgIpc) is 2.87. The van der Waals surface area contributed by atoms with Crippen LogP contribution in [-0.2, 0) is 17.4 Å². The summed E-state index contributed by atoms with van der Waals surface area (Å²) in [7, 11) is 4.96. The fourth-order valence-corrected chi connectivity index (χ4v) is 4.12. The Labute approximate surface area is 218 Å². The number of rotatable bonds is 7. The highest BCUT2D eigenvalue weighted by Gasteiger charge is 2.31. The Morgan fingerprint density at radius 1 is 1.05 bits per heavy atom. The van der Waals surface area contributed by atoms with Crippen molar-refractivity contribution in [1.29, 1.82) is 0 Å². The van der Waals surface area contributed by atoms with E-state index in [9.17, 15) is 18.0 Å². The maximum atomic E-state index is 13.3. The smallest absolute Gasteiger partial charge is 0.416 e. The molecule has 1 amide bonds. The first kappa shape index (κ1) is 26.7. The van der Waals surface area contributed by atoms with Crippen molar-refractivity contribution in [3.63, 3.8) is 0 Å². The molecule has 0 aliphatic rings. The largest absolute Gasteiger partial charge is 0.496 e. The molecule has 0 spiro atoms. The van der Waals surface area contributed by atoms with Gasteiger partial charge in [-0.15, -0.1) is 0 Å². The van der Waals surface area contributed by atoms with Crippen molar-refractivity contribution in [2.45, 2.75) is 25.6 Å². The van der Waals surface area contributed by atoms with Gasteiger partial charge in [-0.1, -0.05) is 18.2 Å². The summed E-state index contributed by atoms with van der Waals surface area (Å²) < 4.78 is 45.5. The van der Waals surface area contributed by atoms with E-state index in [0.717, 1.165) is 28.8 Å². The molecule has 0 saturated heterocycles. The summed E-state index contributed by atoms with van der Waals surface area (Å²) in [6.07, 6.45) is -2.89. The van der Waals surface area contributed by atoms with Crippen LogP contribution in [0.1, 0.15) is 29.7 Å². The summed E-state index contributed by atoms with van der Waals surface area (Å²) in [4.78, 5) is 22.4. The number of hydrogen-bond acceptors (Lipinski definition) is 6. The molecule has 0 radical (unpaired) electrons. The molecule has 10 heteroatoms. The molecule has 198 valence electrons. The van der Waals surface area contributed by atoms with Crippen LogP contribution in [0.5, 0.6) is 5.75 Å². The predicted octanol–water partition coefficient (Wildman–Crippen LogP) is 5.71. The average molecular weight is 524 g/mol. The number of nitrogens with one attached hydrogen (secondary N) is 1. The first-order valence-electron chi connectivity index (χ1n) is 11.8. The minimum Gasteiger partial charge on any atom is -0.496 e. The van der Waals surface area contributed by atoms with Crippen molar-refractivity contribution >= 4 is 28.3 Å². The first-order valence-corrected chi connectivity index (χ1v) is 11.8. The third-order valence-electron chi connectivity index (χ3n) is 6.25. The summed E-state index contributed by atoms with van der Waals surface area (Å²) >= 11 is 0. The van der Waals surface area contributed by atoms with Gasteiger partial charge < -0.3 is 20.7 Å². The van der Waals surface area contributed by atoms with E-state index in [2.05, 4.69) is 15.3 Å². The molecule has 4 rings (SSSR count). The summed E-state index contributed by atoms with van der Waals surface area (Å²) in [5.41, 5.74) is 8.52. The minimum absolute atomic E-state index is 0.0305. The highest BCUT2D eigenvalue weighted by atomic mass is 19.4. The van der Waals surface area contributed by atoms with E-state index >= 15 is 0 Å². The molecule has 7 nitrogen and oxygen atoms in total. The van der Waals surface area contributed by atoms with Crippen LogP contribution in [0.25, 0.3) is 22.0 Å². The van der Waals surface area contributed by atoms with Crippen LogP contribution in [0.2, 0.25) is 0 Å². The van der Waals surface area contributed by atoms with Crippen LogP contribution in [0, 0.1) is 0 Å². The number of halogens is 3. The fourth-order valence-electron chi connectivity index (χ4n) is 4.12. The Bertz CT molecular complexity index is 1490. The standard InChI is InChI=1S/C28H28F3N5O2/c1-16(20-9-21(28(29,30)31)14-22(32)10-20)35-27-23-11-17(7-8-24(23)33-15-34-27)18-5-6-19(25(12-18)38-4)13-26(37)36(2)3/h5-12,14-16H,13,32H2,1-4H3,(H,33,34,35)/t16-/m1/s1. The number of nitrogens with two attached hydrogens (primary N) is 1. The van der Waals surface area contributed by atoms with Gasteiger partial charge in [0.1, 0.15) is 17.9 Å². The Hall–Kier alpha value is -4.34. The van der Waals surface area contributed by atoms with Crippen LogP contribution in [-0.4, -0.2) is 42.0 Å². The number of likely N-dealkylation sites (N-methyl/N-ethyl adjacent to an activating group) is 1. The maximum Gasteiger partial charge on any atom is 0.416 e. The number of ether oxygens (including phenoxy) is 1. The molecule has 3 N–H and O–H groups in total. The van der Waals surface area contributed by atoms with Crippen LogP contribution in [0.4, 0.5) is 24.7 Å². The van der Waals surface area contributed by atoms with Crippen molar-refractivity contribution in [2.75, 3.05) is 32.3 Å². The molecule has 0 saturated carbocycles. The molecule has 1 aromatic heterocycles. The van der Waals surface area contributed by atoms with Gasteiger partial charge in [0.15, 0.2) is 0 Å². The normalized spacial score (nSPS) is 12.3. The second-order valence-corrected chi connectivity index (χ2v) is 9.20. The molecule has 1 heterocycles. The van der Waals surface area contributed by atoms with Crippen LogP contribution < -0.4 is 15.8 Å². The molecular formula is C28H28F3N5O2. The zero-order chi connectivity index (χ0) is 27.6. The van der Waals surface area contributed by atoms with Crippen LogP contribution in [0.3, 0.4) is 0 Å². The molecule has 1 atom stereocenters. The van der Waals surface area contributed by atoms with Crippen LogP contribution in [0.15, 0.2) is 60.9 Å². The lowest BCUT2D eigenvalue weighted by Crippen LogP contribution is -2.23. The SMILES string of the molecule is COc1cc(-c2ccc3ncnc(N[C@H](C)c4cc(N)cc(C(F)(F)F)c4)c3c2)ccc1CC(=O)N(C)C. The van der Waals surface area contributed by atoms with Crippen molar-refractivity contribution in [1.82, 2.24) is 14.9 Å². The Balaban J connectivity index is 1.68. The van der Waals surface area contributed by atoms with Crippen molar-refractivity contribution in [3.05, 3.63) is 77.6 Å².